The van der Waals surface area contributed by atoms with Crippen LogP contribution in [0.15, 0.2) is 18.3 Å². The molecular formula is C11H10ClFN2O. The first-order valence-corrected chi connectivity index (χ1v) is 5.04. The van der Waals surface area contributed by atoms with E-state index in [9.17, 15) is 4.39 Å². The number of benzene rings is 1. The van der Waals surface area contributed by atoms with Gasteiger partial charge in [-0.1, -0.05) is 11.6 Å². The molecule has 0 atom stereocenters. The van der Waals surface area contributed by atoms with Crippen molar-refractivity contribution in [2.75, 3.05) is 7.11 Å². The van der Waals surface area contributed by atoms with Crippen molar-refractivity contribution < 1.29 is 9.13 Å². The van der Waals surface area contributed by atoms with Crippen LogP contribution in [0.1, 0.15) is 5.82 Å². The van der Waals surface area contributed by atoms with Crippen LogP contribution in [-0.4, -0.2) is 17.1 Å². The Labute approximate surface area is 97.2 Å². The lowest BCUT2D eigenvalue weighted by Gasteiger charge is -2.06. The first-order valence-electron chi connectivity index (χ1n) is 4.67. The van der Waals surface area contributed by atoms with Gasteiger partial charge in [-0.05, 0) is 19.1 Å². The van der Waals surface area contributed by atoms with Crippen LogP contribution in [0.5, 0.6) is 5.75 Å². The zero-order chi connectivity index (χ0) is 11.7. The van der Waals surface area contributed by atoms with Crippen molar-refractivity contribution in [2.24, 2.45) is 0 Å². The van der Waals surface area contributed by atoms with Crippen LogP contribution in [0.25, 0.3) is 11.3 Å². The topological polar surface area (TPSA) is 37.9 Å². The van der Waals surface area contributed by atoms with Crippen LogP contribution in [-0.2, 0) is 0 Å². The number of hydrogen-bond acceptors (Lipinski definition) is 2. The van der Waals surface area contributed by atoms with Gasteiger partial charge in [0.1, 0.15) is 17.4 Å². The molecule has 0 unspecified atom stereocenters. The predicted molar refractivity (Wildman–Crippen MR) is 60.3 cm³/mol. The number of nitrogens with zero attached hydrogens (tertiary/aromatic N) is 1. The molecule has 1 aromatic heterocycles. The Hall–Kier alpha value is -1.55. The summed E-state index contributed by atoms with van der Waals surface area (Å²) >= 11 is 5.80. The molecule has 0 aliphatic rings. The molecule has 0 aliphatic carbocycles. The minimum Gasteiger partial charge on any atom is -0.495 e. The van der Waals surface area contributed by atoms with E-state index in [4.69, 9.17) is 16.3 Å². The van der Waals surface area contributed by atoms with Crippen LogP contribution in [0.4, 0.5) is 4.39 Å². The molecule has 5 heteroatoms. The second kappa shape index (κ2) is 4.14. The number of hydrogen-bond donors (Lipinski definition) is 1. The van der Waals surface area contributed by atoms with Gasteiger partial charge in [0.15, 0.2) is 0 Å². The largest absolute Gasteiger partial charge is 0.495 e. The van der Waals surface area contributed by atoms with Gasteiger partial charge in [0.25, 0.3) is 0 Å². The third-order valence-electron chi connectivity index (χ3n) is 2.23. The van der Waals surface area contributed by atoms with Gasteiger partial charge in [-0.3, -0.25) is 0 Å². The molecule has 1 N–H and O–H groups in total. The van der Waals surface area contributed by atoms with Gasteiger partial charge in [-0.25, -0.2) is 9.37 Å². The molecule has 1 heterocycles. The van der Waals surface area contributed by atoms with Crippen molar-refractivity contribution in [1.82, 2.24) is 9.97 Å². The zero-order valence-electron chi connectivity index (χ0n) is 8.84. The van der Waals surface area contributed by atoms with Crippen molar-refractivity contribution in [3.05, 3.63) is 35.0 Å². The number of rotatable bonds is 2. The fourth-order valence-electron chi connectivity index (χ4n) is 1.45. The van der Waals surface area contributed by atoms with E-state index in [0.717, 1.165) is 5.82 Å². The standard InChI is InChI=1S/C11H10ClFN2O/c1-6-14-5-10(15-6)7-3-11(16-2)8(12)4-9(7)13/h3-5H,1-2H3,(H,14,15). The fraction of sp³-hybridized carbons (Fsp3) is 0.182. The summed E-state index contributed by atoms with van der Waals surface area (Å²) in [5.41, 5.74) is 0.992. The summed E-state index contributed by atoms with van der Waals surface area (Å²) in [5, 5.41) is 0.250. The minimum absolute atomic E-state index is 0.250. The van der Waals surface area contributed by atoms with Crippen molar-refractivity contribution in [1.29, 1.82) is 0 Å². The summed E-state index contributed by atoms with van der Waals surface area (Å²) in [6, 6.07) is 2.77. The second-order valence-electron chi connectivity index (χ2n) is 3.35. The van der Waals surface area contributed by atoms with Crippen LogP contribution < -0.4 is 4.74 Å². The first kappa shape index (κ1) is 11.0. The van der Waals surface area contributed by atoms with Crippen molar-refractivity contribution in [3.8, 4) is 17.0 Å². The number of aromatic amines is 1. The van der Waals surface area contributed by atoms with Gasteiger partial charge in [0.2, 0.25) is 0 Å². The zero-order valence-corrected chi connectivity index (χ0v) is 9.60. The van der Waals surface area contributed by atoms with Gasteiger partial charge >= 0.3 is 0 Å². The number of H-pyrrole nitrogens is 1. The first-order chi connectivity index (χ1) is 7.61. The minimum atomic E-state index is -0.408. The normalized spacial score (nSPS) is 10.5. The Morgan fingerprint density at radius 2 is 2.19 bits per heavy atom. The summed E-state index contributed by atoms with van der Waals surface area (Å²) in [4.78, 5) is 6.97. The monoisotopic (exact) mass is 240 g/mol. The fourth-order valence-corrected chi connectivity index (χ4v) is 1.68. The number of imidazole rings is 1. The lowest BCUT2D eigenvalue weighted by Crippen LogP contribution is -1.90. The molecule has 1 aromatic carbocycles. The van der Waals surface area contributed by atoms with Gasteiger partial charge < -0.3 is 9.72 Å². The molecule has 0 radical (unpaired) electrons. The predicted octanol–water partition coefficient (Wildman–Crippen LogP) is 3.19. The van der Waals surface area contributed by atoms with E-state index in [1.54, 1.807) is 19.2 Å². The van der Waals surface area contributed by atoms with Gasteiger partial charge in [-0.15, -0.1) is 0 Å². The highest BCUT2D eigenvalue weighted by atomic mass is 35.5. The summed E-state index contributed by atoms with van der Waals surface area (Å²) in [6.45, 7) is 1.80. The van der Waals surface area contributed by atoms with Gasteiger partial charge in [0.05, 0.1) is 24.0 Å². The number of nitrogens with one attached hydrogen (secondary N) is 1. The molecule has 2 aromatic rings. The highest BCUT2D eigenvalue weighted by molar-refractivity contribution is 6.32. The Balaban J connectivity index is 2.56. The summed E-state index contributed by atoms with van der Waals surface area (Å²) in [7, 11) is 1.49. The molecule has 0 aliphatic heterocycles. The number of halogens is 2. The summed E-state index contributed by atoms with van der Waals surface area (Å²) in [5.74, 6) is 0.753. The molecule has 0 saturated heterocycles. The Morgan fingerprint density at radius 1 is 1.44 bits per heavy atom. The van der Waals surface area contributed by atoms with Crippen LogP contribution >= 0.6 is 11.6 Å². The molecule has 16 heavy (non-hydrogen) atoms. The molecule has 3 nitrogen and oxygen atoms in total. The van der Waals surface area contributed by atoms with Gasteiger partial charge in [-0.2, -0.15) is 0 Å². The lowest BCUT2D eigenvalue weighted by atomic mass is 10.1. The maximum absolute atomic E-state index is 13.7. The second-order valence-corrected chi connectivity index (χ2v) is 3.76. The Bertz CT molecular complexity index is 525. The number of ether oxygens (including phenoxy) is 1. The van der Waals surface area contributed by atoms with E-state index >= 15 is 0 Å². The molecule has 0 saturated carbocycles. The summed E-state index contributed by atoms with van der Waals surface area (Å²) < 4.78 is 18.7. The highest BCUT2D eigenvalue weighted by Gasteiger charge is 2.12. The molecule has 84 valence electrons. The maximum Gasteiger partial charge on any atom is 0.138 e. The van der Waals surface area contributed by atoms with Crippen LogP contribution in [0.3, 0.4) is 0 Å². The third kappa shape index (κ3) is 1.88. The molecular weight excluding hydrogens is 231 g/mol. The van der Waals surface area contributed by atoms with Crippen LogP contribution in [0.2, 0.25) is 5.02 Å². The van der Waals surface area contributed by atoms with Crippen LogP contribution in [0, 0.1) is 12.7 Å². The summed E-state index contributed by atoms with van der Waals surface area (Å²) in [6.07, 6.45) is 1.57. The number of aromatic nitrogens is 2. The Morgan fingerprint density at radius 3 is 2.75 bits per heavy atom. The average molecular weight is 241 g/mol. The smallest absolute Gasteiger partial charge is 0.138 e. The van der Waals surface area contributed by atoms with E-state index in [2.05, 4.69) is 9.97 Å². The van der Waals surface area contributed by atoms with E-state index in [-0.39, 0.29) is 5.02 Å². The van der Waals surface area contributed by atoms with E-state index in [0.29, 0.717) is 17.0 Å². The van der Waals surface area contributed by atoms with Crippen molar-refractivity contribution in [2.45, 2.75) is 6.92 Å². The third-order valence-corrected chi connectivity index (χ3v) is 2.53. The Kier molecular flexibility index (Phi) is 2.83. The molecule has 0 amide bonds. The van der Waals surface area contributed by atoms with Crippen molar-refractivity contribution >= 4 is 11.6 Å². The molecule has 0 fully saturated rings. The van der Waals surface area contributed by atoms with Gasteiger partial charge in [0, 0.05) is 5.56 Å². The quantitative estimate of drug-likeness (QED) is 0.876. The molecule has 0 bridgehead atoms. The van der Waals surface area contributed by atoms with E-state index in [1.807, 2.05) is 0 Å². The average Bonchev–Trinajstić information content (AvgIpc) is 2.65. The highest BCUT2D eigenvalue weighted by Crippen LogP contribution is 2.32. The molecule has 2 rings (SSSR count). The van der Waals surface area contributed by atoms with E-state index < -0.39 is 5.82 Å². The maximum atomic E-state index is 13.7. The lowest BCUT2D eigenvalue weighted by molar-refractivity contribution is 0.414. The van der Waals surface area contributed by atoms with Crippen molar-refractivity contribution in [3.63, 3.8) is 0 Å². The number of aryl methyl sites for hydroxylation is 1. The number of methoxy groups -OCH3 is 1. The van der Waals surface area contributed by atoms with E-state index in [1.165, 1.54) is 13.2 Å². The molecule has 0 spiro atoms. The SMILES string of the molecule is COc1cc(-c2cnc(C)[nH]2)c(F)cc1Cl.